The molecule has 0 fully saturated rings. The molecule has 1 unspecified atom stereocenters. The summed E-state index contributed by atoms with van der Waals surface area (Å²) in [6.45, 7) is 1.80. The van der Waals surface area contributed by atoms with E-state index in [4.69, 9.17) is 10.8 Å². The van der Waals surface area contributed by atoms with Crippen molar-refractivity contribution in [1.29, 1.82) is 0 Å². The van der Waals surface area contributed by atoms with E-state index in [-0.39, 0.29) is 11.4 Å². The van der Waals surface area contributed by atoms with Crippen LogP contribution in [0.5, 0.6) is 5.75 Å². The number of hydrogen-bond donors (Lipinski definition) is 4. The summed E-state index contributed by atoms with van der Waals surface area (Å²) in [5.41, 5.74) is 6.45. The zero-order chi connectivity index (χ0) is 13.0. The number of aromatic hydroxyl groups is 1. The highest BCUT2D eigenvalue weighted by Gasteiger charge is 2.18. The van der Waals surface area contributed by atoms with Gasteiger partial charge in [0.2, 0.25) is 5.91 Å². The van der Waals surface area contributed by atoms with Crippen molar-refractivity contribution in [2.75, 3.05) is 5.32 Å². The lowest BCUT2D eigenvalue weighted by molar-refractivity contribution is -0.138. The van der Waals surface area contributed by atoms with E-state index in [0.717, 1.165) is 5.56 Å². The van der Waals surface area contributed by atoms with E-state index in [1.54, 1.807) is 19.1 Å². The monoisotopic (exact) mass is 238 g/mol. The molecule has 0 aromatic heterocycles. The lowest BCUT2D eigenvalue weighted by atomic mass is 10.1. The Hall–Kier alpha value is -2.08. The van der Waals surface area contributed by atoms with Gasteiger partial charge in [-0.25, -0.2) is 0 Å². The van der Waals surface area contributed by atoms with Gasteiger partial charge in [0.15, 0.2) is 0 Å². The van der Waals surface area contributed by atoms with Crippen LogP contribution in [0, 0.1) is 6.92 Å². The van der Waals surface area contributed by atoms with Crippen LogP contribution in [0.4, 0.5) is 5.69 Å². The maximum absolute atomic E-state index is 11.5. The summed E-state index contributed by atoms with van der Waals surface area (Å²) in [6, 6.07) is 3.55. The fraction of sp³-hybridized carbons (Fsp3) is 0.273. The smallest absolute Gasteiger partial charge is 0.305 e. The van der Waals surface area contributed by atoms with Crippen molar-refractivity contribution in [1.82, 2.24) is 0 Å². The van der Waals surface area contributed by atoms with Crippen molar-refractivity contribution in [3.63, 3.8) is 0 Å². The number of phenolic OH excluding ortho intramolecular Hbond substituents is 1. The molecule has 0 aliphatic rings. The van der Waals surface area contributed by atoms with Gasteiger partial charge in [-0.1, -0.05) is 6.07 Å². The second-order valence-electron chi connectivity index (χ2n) is 3.71. The number of carboxylic acids is 1. The first-order chi connectivity index (χ1) is 7.90. The third-order valence-electron chi connectivity index (χ3n) is 2.14. The Labute approximate surface area is 98.1 Å². The van der Waals surface area contributed by atoms with Crippen molar-refractivity contribution < 1.29 is 19.8 Å². The molecule has 0 heterocycles. The van der Waals surface area contributed by atoms with Crippen molar-refractivity contribution in [2.45, 2.75) is 19.4 Å². The maximum atomic E-state index is 11.5. The number of nitrogens with two attached hydrogens (primary N) is 1. The molecule has 6 nitrogen and oxygen atoms in total. The molecule has 5 N–H and O–H groups in total. The Kier molecular flexibility index (Phi) is 4.06. The van der Waals surface area contributed by atoms with Gasteiger partial charge in [-0.15, -0.1) is 0 Å². The molecule has 0 radical (unpaired) electrons. The number of aliphatic carboxylic acids is 1. The summed E-state index contributed by atoms with van der Waals surface area (Å²) in [7, 11) is 0. The average molecular weight is 238 g/mol. The lowest BCUT2D eigenvalue weighted by Gasteiger charge is -2.11. The van der Waals surface area contributed by atoms with Crippen LogP contribution in [0.3, 0.4) is 0 Å². The minimum atomic E-state index is -1.15. The van der Waals surface area contributed by atoms with Crippen LogP contribution in [-0.4, -0.2) is 28.1 Å². The number of phenols is 1. The molecule has 1 atom stereocenters. The van der Waals surface area contributed by atoms with Crippen molar-refractivity contribution >= 4 is 17.6 Å². The number of rotatable bonds is 4. The highest BCUT2D eigenvalue weighted by atomic mass is 16.4. The van der Waals surface area contributed by atoms with E-state index in [1.807, 2.05) is 0 Å². The third kappa shape index (κ3) is 3.76. The molecule has 1 rings (SSSR count). The Morgan fingerprint density at radius 3 is 2.71 bits per heavy atom. The van der Waals surface area contributed by atoms with Crippen molar-refractivity contribution in [3.8, 4) is 5.75 Å². The van der Waals surface area contributed by atoms with Gasteiger partial charge in [-0.3, -0.25) is 9.59 Å². The fourth-order valence-electron chi connectivity index (χ4n) is 1.26. The summed E-state index contributed by atoms with van der Waals surface area (Å²) in [4.78, 5) is 21.9. The van der Waals surface area contributed by atoms with Crippen LogP contribution < -0.4 is 11.1 Å². The highest BCUT2D eigenvalue weighted by molar-refractivity contribution is 5.97. The molecule has 0 saturated heterocycles. The molecule has 92 valence electrons. The zero-order valence-corrected chi connectivity index (χ0v) is 9.30. The van der Waals surface area contributed by atoms with Crippen LogP contribution in [0.2, 0.25) is 0 Å². The predicted octanol–water partition coefficient (Wildman–Crippen LogP) is 0.441. The molecule has 0 saturated carbocycles. The molecule has 0 bridgehead atoms. The normalized spacial score (nSPS) is 11.9. The third-order valence-corrected chi connectivity index (χ3v) is 2.14. The molecule has 1 aromatic carbocycles. The number of carboxylic acid groups (broad SMARTS) is 1. The quantitative estimate of drug-likeness (QED) is 0.568. The van der Waals surface area contributed by atoms with Crippen LogP contribution in [-0.2, 0) is 9.59 Å². The van der Waals surface area contributed by atoms with E-state index in [1.165, 1.54) is 6.07 Å². The van der Waals surface area contributed by atoms with E-state index >= 15 is 0 Å². The molecule has 6 heteroatoms. The van der Waals surface area contributed by atoms with Gasteiger partial charge in [0.05, 0.1) is 18.2 Å². The molecule has 1 amide bonds. The summed E-state index contributed by atoms with van der Waals surface area (Å²) in [6.07, 6.45) is -0.460. The number of hydrogen-bond acceptors (Lipinski definition) is 4. The summed E-state index contributed by atoms with van der Waals surface area (Å²) >= 11 is 0. The van der Waals surface area contributed by atoms with Gasteiger partial charge in [0.25, 0.3) is 0 Å². The fourth-order valence-corrected chi connectivity index (χ4v) is 1.26. The van der Waals surface area contributed by atoms with Crippen molar-refractivity contribution in [2.24, 2.45) is 5.73 Å². The number of aryl methyl sites for hydroxylation is 1. The SMILES string of the molecule is Cc1ccc(O)c(NC(=O)C(N)CC(=O)O)c1. The van der Waals surface area contributed by atoms with Gasteiger partial charge in [-0.05, 0) is 24.6 Å². The molecular formula is C11H14N2O4. The molecule has 0 spiro atoms. The molecule has 0 aliphatic heterocycles. The number of anilines is 1. The number of carbonyl (C=O) groups is 2. The predicted molar refractivity (Wildman–Crippen MR) is 61.7 cm³/mol. The van der Waals surface area contributed by atoms with Gasteiger partial charge >= 0.3 is 5.97 Å². The van der Waals surface area contributed by atoms with E-state index in [0.29, 0.717) is 0 Å². The van der Waals surface area contributed by atoms with E-state index in [2.05, 4.69) is 5.32 Å². The van der Waals surface area contributed by atoms with Gasteiger partial charge in [0.1, 0.15) is 5.75 Å². The van der Waals surface area contributed by atoms with Crippen molar-refractivity contribution in [3.05, 3.63) is 23.8 Å². The van der Waals surface area contributed by atoms with Gasteiger partial charge in [0, 0.05) is 0 Å². The minimum absolute atomic E-state index is 0.0912. The summed E-state index contributed by atoms with van der Waals surface area (Å²) < 4.78 is 0. The molecule has 17 heavy (non-hydrogen) atoms. The van der Waals surface area contributed by atoms with Gasteiger partial charge < -0.3 is 21.3 Å². The summed E-state index contributed by atoms with van der Waals surface area (Å²) in [5.74, 6) is -1.89. The van der Waals surface area contributed by atoms with E-state index in [9.17, 15) is 14.7 Å². The summed E-state index contributed by atoms with van der Waals surface area (Å²) in [5, 5.41) is 20.3. The Bertz CT molecular complexity index is 445. The number of benzene rings is 1. The Balaban J connectivity index is 2.73. The topological polar surface area (TPSA) is 113 Å². The first-order valence-electron chi connectivity index (χ1n) is 4.98. The second kappa shape index (κ2) is 5.31. The number of carbonyl (C=O) groups excluding carboxylic acids is 1. The first-order valence-corrected chi connectivity index (χ1v) is 4.98. The highest BCUT2D eigenvalue weighted by Crippen LogP contribution is 2.23. The second-order valence-corrected chi connectivity index (χ2v) is 3.71. The standard InChI is InChI=1S/C11H14N2O4/c1-6-2-3-9(14)8(4-6)13-11(17)7(12)5-10(15)16/h2-4,7,14H,5,12H2,1H3,(H,13,17)(H,15,16). The lowest BCUT2D eigenvalue weighted by Crippen LogP contribution is -2.37. The maximum Gasteiger partial charge on any atom is 0.305 e. The minimum Gasteiger partial charge on any atom is -0.506 e. The number of amides is 1. The van der Waals surface area contributed by atoms with Crippen LogP contribution in [0.25, 0.3) is 0 Å². The first kappa shape index (κ1) is 13.0. The Morgan fingerprint density at radius 1 is 1.47 bits per heavy atom. The molecule has 1 aromatic rings. The van der Waals surface area contributed by atoms with E-state index < -0.39 is 24.3 Å². The largest absolute Gasteiger partial charge is 0.506 e. The number of nitrogens with one attached hydrogen (secondary N) is 1. The van der Waals surface area contributed by atoms with Crippen LogP contribution >= 0.6 is 0 Å². The molecule has 0 aliphatic carbocycles. The zero-order valence-electron chi connectivity index (χ0n) is 9.30. The van der Waals surface area contributed by atoms with Crippen LogP contribution in [0.15, 0.2) is 18.2 Å². The van der Waals surface area contributed by atoms with Crippen LogP contribution in [0.1, 0.15) is 12.0 Å². The average Bonchev–Trinajstić information content (AvgIpc) is 2.22. The van der Waals surface area contributed by atoms with Gasteiger partial charge in [-0.2, -0.15) is 0 Å². The molecular weight excluding hydrogens is 224 g/mol. The Morgan fingerprint density at radius 2 is 2.12 bits per heavy atom.